The Morgan fingerprint density at radius 2 is 1.30 bits per heavy atom. The van der Waals surface area contributed by atoms with Crippen LogP contribution in [0.25, 0.3) is 0 Å². The molecule has 138 valence electrons. The van der Waals surface area contributed by atoms with Gasteiger partial charge in [0, 0.05) is 6.61 Å². The first-order valence-corrected chi connectivity index (χ1v) is 9.22. The van der Waals surface area contributed by atoms with Gasteiger partial charge in [-0.1, -0.05) is 71.1 Å². The molecule has 0 aliphatic heterocycles. The maximum Gasteiger partial charge on any atom is 0.329 e. The maximum atomic E-state index is 10.2. The average molecular weight is 332 g/mol. The first kappa shape index (κ1) is 22.4. The Hall–Kier alpha value is -0.650. The highest BCUT2D eigenvalue weighted by atomic mass is 16.5. The van der Waals surface area contributed by atoms with Gasteiger partial charge in [0.2, 0.25) is 0 Å². The molecule has 2 N–H and O–H groups in total. The molecule has 0 fully saturated rings. The highest BCUT2D eigenvalue weighted by Gasteiger charge is 2.05. The van der Waals surface area contributed by atoms with Crippen LogP contribution >= 0.6 is 0 Å². The van der Waals surface area contributed by atoms with Crippen molar-refractivity contribution in [2.45, 2.75) is 83.7 Å². The molecule has 0 rings (SSSR count). The third kappa shape index (κ3) is 19.3. The number of carbonyl (C=O) groups is 1. The van der Waals surface area contributed by atoms with Gasteiger partial charge in [0.05, 0.1) is 13.2 Å². The number of unbranched alkanes of at least 4 members (excludes halogenated alkanes) is 10. The van der Waals surface area contributed by atoms with Crippen molar-refractivity contribution in [3.05, 3.63) is 0 Å². The monoisotopic (exact) mass is 332 g/mol. The third-order valence-electron chi connectivity index (χ3n) is 3.74. The van der Waals surface area contributed by atoms with Crippen LogP contribution in [0.3, 0.4) is 0 Å². The van der Waals surface area contributed by atoms with Gasteiger partial charge in [-0.2, -0.15) is 0 Å². The fourth-order valence-electron chi connectivity index (χ4n) is 2.42. The van der Waals surface area contributed by atoms with Crippen molar-refractivity contribution in [3.63, 3.8) is 0 Å². The summed E-state index contributed by atoms with van der Waals surface area (Å²) >= 11 is 0. The van der Waals surface area contributed by atoms with Gasteiger partial charge in [-0.15, -0.1) is 0 Å². The summed E-state index contributed by atoms with van der Waals surface area (Å²) in [6.07, 6.45) is 13.5. The molecular weight excluding hydrogens is 296 g/mol. The van der Waals surface area contributed by atoms with E-state index >= 15 is 0 Å². The predicted octanol–water partition coefficient (Wildman–Crippen LogP) is 3.78. The fraction of sp³-hybridized carbons (Fsp3) is 0.944. The molecule has 0 amide bonds. The van der Waals surface area contributed by atoms with E-state index in [1.165, 1.54) is 64.2 Å². The van der Waals surface area contributed by atoms with Gasteiger partial charge in [-0.3, -0.25) is 0 Å². The number of ether oxygens (including phenoxy) is 2. The molecule has 0 aromatic heterocycles. The lowest BCUT2D eigenvalue weighted by atomic mass is 10.1. The summed E-state index contributed by atoms with van der Waals surface area (Å²) in [5, 5.41) is 17.9. The summed E-state index contributed by atoms with van der Waals surface area (Å²) in [5.74, 6) is -1.03. The SMILES string of the molecule is CCCCCCCCCCCCCOCC(O)COCC(=O)O. The van der Waals surface area contributed by atoms with Crippen LogP contribution in [0.1, 0.15) is 77.6 Å². The van der Waals surface area contributed by atoms with E-state index in [1.54, 1.807) is 0 Å². The molecule has 1 atom stereocenters. The molecule has 0 spiro atoms. The van der Waals surface area contributed by atoms with Crippen LogP contribution in [-0.2, 0) is 14.3 Å². The number of hydrogen-bond acceptors (Lipinski definition) is 4. The molecular formula is C18H36O5. The lowest BCUT2D eigenvalue weighted by Crippen LogP contribution is -2.23. The number of aliphatic hydroxyl groups is 1. The Bertz CT molecular complexity index is 258. The lowest BCUT2D eigenvalue weighted by Gasteiger charge is -2.11. The minimum Gasteiger partial charge on any atom is -0.480 e. The van der Waals surface area contributed by atoms with Crippen LogP contribution < -0.4 is 0 Å². The van der Waals surface area contributed by atoms with Crippen LogP contribution in [0.4, 0.5) is 0 Å². The van der Waals surface area contributed by atoms with Crippen LogP contribution in [-0.4, -0.2) is 48.7 Å². The Balaban J connectivity index is 3.11. The summed E-state index contributed by atoms with van der Waals surface area (Å²) in [5.41, 5.74) is 0. The minimum atomic E-state index is -1.03. The second-order valence-electron chi connectivity index (χ2n) is 6.17. The topological polar surface area (TPSA) is 76.0 Å². The van der Waals surface area contributed by atoms with Crippen LogP contribution in [0.2, 0.25) is 0 Å². The number of carboxylic acids is 1. The standard InChI is InChI=1S/C18H36O5/c1-2-3-4-5-6-7-8-9-10-11-12-13-22-14-17(19)15-23-16-18(20)21/h17,19H,2-16H2,1H3,(H,20,21). The van der Waals surface area contributed by atoms with Crippen LogP contribution in [0.5, 0.6) is 0 Å². The molecule has 0 saturated heterocycles. The fourth-order valence-corrected chi connectivity index (χ4v) is 2.42. The summed E-state index contributed by atoms with van der Waals surface area (Å²) in [6.45, 7) is 2.72. The molecule has 5 heteroatoms. The number of carboxylic acid groups (broad SMARTS) is 1. The summed E-state index contributed by atoms with van der Waals surface area (Å²) in [4.78, 5) is 10.2. The smallest absolute Gasteiger partial charge is 0.329 e. The summed E-state index contributed by atoms with van der Waals surface area (Å²) in [7, 11) is 0. The largest absolute Gasteiger partial charge is 0.480 e. The van der Waals surface area contributed by atoms with Gasteiger partial charge in [0.25, 0.3) is 0 Å². The Kier molecular flexibility index (Phi) is 17.2. The van der Waals surface area contributed by atoms with E-state index in [0.717, 1.165) is 6.42 Å². The maximum absolute atomic E-state index is 10.2. The third-order valence-corrected chi connectivity index (χ3v) is 3.74. The van der Waals surface area contributed by atoms with Crippen molar-refractivity contribution in [1.82, 2.24) is 0 Å². The van der Waals surface area contributed by atoms with E-state index in [0.29, 0.717) is 6.61 Å². The van der Waals surface area contributed by atoms with Crippen molar-refractivity contribution in [2.75, 3.05) is 26.4 Å². The number of rotatable bonds is 18. The first-order valence-electron chi connectivity index (χ1n) is 9.22. The molecule has 23 heavy (non-hydrogen) atoms. The molecule has 5 nitrogen and oxygen atoms in total. The van der Waals surface area contributed by atoms with E-state index in [-0.39, 0.29) is 19.8 Å². The molecule has 0 aliphatic carbocycles. The average Bonchev–Trinajstić information content (AvgIpc) is 2.51. The highest BCUT2D eigenvalue weighted by Crippen LogP contribution is 2.11. The summed E-state index contributed by atoms with van der Waals surface area (Å²) in [6, 6.07) is 0. The van der Waals surface area contributed by atoms with Crippen LogP contribution in [0.15, 0.2) is 0 Å². The minimum absolute atomic E-state index is 0.00452. The van der Waals surface area contributed by atoms with Crippen molar-refractivity contribution in [1.29, 1.82) is 0 Å². The van der Waals surface area contributed by atoms with E-state index in [2.05, 4.69) is 6.92 Å². The molecule has 1 unspecified atom stereocenters. The van der Waals surface area contributed by atoms with Gasteiger partial charge < -0.3 is 19.7 Å². The zero-order chi connectivity index (χ0) is 17.2. The van der Waals surface area contributed by atoms with Gasteiger partial charge in [0.15, 0.2) is 0 Å². The van der Waals surface area contributed by atoms with Crippen molar-refractivity contribution in [2.24, 2.45) is 0 Å². The van der Waals surface area contributed by atoms with Gasteiger partial charge in [-0.25, -0.2) is 4.79 Å². The predicted molar refractivity (Wildman–Crippen MR) is 91.7 cm³/mol. The lowest BCUT2D eigenvalue weighted by molar-refractivity contribution is -0.143. The Labute approximate surface area is 141 Å². The summed E-state index contributed by atoms with van der Waals surface area (Å²) < 4.78 is 10.1. The quantitative estimate of drug-likeness (QED) is 0.374. The molecule has 0 aliphatic rings. The molecule has 0 aromatic rings. The zero-order valence-corrected chi connectivity index (χ0v) is 14.8. The zero-order valence-electron chi connectivity index (χ0n) is 14.8. The second kappa shape index (κ2) is 17.7. The first-order chi connectivity index (χ1) is 11.2. The van der Waals surface area contributed by atoms with Crippen LogP contribution in [0, 0.1) is 0 Å². The van der Waals surface area contributed by atoms with Crippen molar-refractivity contribution in [3.8, 4) is 0 Å². The normalized spacial score (nSPS) is 12.4. The Morgan fingerprint density at radius 3 is 1.83 bits per heavy atom. The van der Waals surface area contributed by atoms with E-state index in [1.807, 2.05) is 0 Å². The van der Waals surface area contributed by atoms with E-state index < -0.39 is 12.1 Å². The molecule has 0 heterocycles. The highest BCUT2D eigenvalue weighted by molar-refractivity contribution is 5.67. The number of aliphatic hydroxyl groups excluding tert-OH is 1. The van der Waals surface area contributed by atoms with Gasteiger partial charge >= 0.3 is 5.97 Å². The van der Waals surface area contributed by atoms with Crippen molar-refractivity contribution >= 4 is 5.97 Å². The molecule has 0 saturated carbocycles. The van der Waals surface area contributed by atoms with Gasteiger partial charge in [0.1, 0.15) is 12.7 Å². The molecule has 0 aromatic carbocycles. The molecule has 0 radical (unpaired) electrons. The van der Waals surface area contributed by atoms with E-state index in [4.69, 9.17) is 14.6 Å². The van der Waals surface area contributed by atoms with Gasteiger partial charge in [-0.05, 0) is 6.42 Å². The number of aliphatic carboxylic acids is 1. The van der Waals surface area contributed by atoms with Crippen molar-refractivity contribution < 1.29 is 24.5 Å². The second-order valence-corrected chi connectivity index (χ2v) is 6.17. The molecule has 0 bridgehead atoms. The Morgan fingerprint density at radius 1 is 0.826 bits per heavy atom. The van der Waals surface area contributed by atoms with E-state index in [9.17, 15) is 9.90 Å². The number of hydrogen-bond donors (Lipinski definition) is 2.